The third kappa shape index (κ3) is 2.27. The third-order valence-electron chi connectivity index (χ3n) is 5.29. The van der Waals surface area contributed by atoms with Crippen LogP contribution < -0.4 is 4.74 Å². The van der Waals surface area contributed by atoms with Crippen molar-refractivity contribution in [2.24, 2.45) is 11.8 Å². The fourth-order valence-corrected chi connectivity index (χ4v) is 4.12. The van der Waals surface area contributed by atoms with Crippen LogP contribution in [0.2, 0.25) is 0 Å². The minimum atomic E-state index is -0.133. The zero-order valence-corrected chi connectivity index (χ0v) is 13.4. The van der Waals surface area contributed by atoms with Crippen LogP contribution >= 0.6 is 0 Å². The van der Waals surface area contributed by atoms with Crippen molar-refractivity contribution in [3.63, 3.8) is 0 Å². The molecule has 0 spiro atoms. The molecule has 1 aliphatic carbocycles. The zero-order chi connectivity index (χ0) is 16.8. The average Bonchev–Trinajstić information content (AvgIpc) is 3.03. The van der Waals surface area contributed by atoms with E-state index in [4.69, 9.17) is 9.47 Å². The number of phenolic OH excluding ortho intramolecular Hbond substituents is 3. The van der Waals surface area contributed by atoms with Crippen molar-refractivity contribution < 1.29 is 24.8 Å². The molecule has 1 fully saturated rings. The number of fused-ring (bicyclic) bond motifs is 2. The normalized spacial score (nSPS) is 25.1. The molecule has 5 nitrogen and oxygen atoms in total. The molecule has 0 unspecified atom stereocenters. The highest BCUT2D eigenvalue weighted by Crippen LogP contribution is 2.49. The summed E-state index contributed by atoms with van der Waals surface area (Å²) in [7, 11) is 1.54. The minimum Gasteiger partial charge on any atom is -0.504 e. The Bertz CT molecular complexity index is 786. The van der Waals surface area contributed by atoms with Gasteiger partial charge in [0.1, 0.15) is 0 Å². The van der Waals surface area contributed by atoms with Gasteiger partial charge in [0.2, 0.25) is 0 Å². The second kappa shape index (κ2) is 5.60. The maximum atomic E-state index is 10.2. The number of hydrogen-bond acceptors (Lipinski definition) is 5. The number of ether oxygens (including phenoxy) is 2. The molecule has 4 rings (SSSR count). The number of benzene rings is 2. The molecular weight excluding hydrogens is 308 g/mol. The van der Waals surface area contributed by atoms with E-state index < -0.39 is 0 Å². The van der Waals surface area contributed by atoms with E-state index in [9.17, 15) is 15.3 Å². The zero-order valence-electron chi connectivity index (χ0n) is 13.4. The van der Waals surface area contributed by atoms with Gasteiger partial charge in [-0.15, -0.1) is 0 Å². The van der Waals surface area contributed by atoms with Crippen molar-refractivity contribution in [3.8, 4) is 23.0 Å². The Morgan fingerprint density at radius 2 is 1.83 bits per heavy atom. The van der Waals surface area contributed by atoms with E-state index in [-0.39, 0.29) is 29.1 Å². The Labute approximate surface area is 140 Å². The summed E-state index contributed by atoms with van der Waals surface area (Å²) in [4.78, 5) is 0. The molecule has 2 aromatic rings. The monoisotopic (exact) mass is 328 g/mol. The van der Waals surface area contributed by atoms with Gasteiger partial charge >= 0.3 is 0 Å². The molecule has 5 heteroatoms. The molecule has 3 atom stereocenters. The van der Waals surface area contributed by atoms with Gasteiger partial charge in [0.05, 0.1) is 20.3 Å². The molecule has 3 N–H and O–H groups in total. The van der Waals surface area contributed by atoms with E-state index >= 15 is 0 Å². The summed E-state index contributed by atoms with van der Waals surface area (Å²) < 4.78 is 11.0. The van der Waals surface area contributed by atoms with Crippen molar-refractivity contribution >= 4 is 0 Å². The molecule has 2 aliphatic rings. The van der Waals surface area contributed by atoms with E-state index in [1.807, 2.05) is 12.1 Å². The minimum absolute atomic E-state index is 0.00422. The second-order valence-electron chi connectivity index (χ2n) is 6.61. The van der Waals surface area contributed by atoms with Crippen molar-refractivity contribution in [2.45, 2.75) is 12.3 Å². The molecular formula is C19H20O5. The third-order valence-corrected chi connectivity index (χ3v) is 5.29. The molecule has 0 saturated carbocycles. The number of rotatable bonds is 2. The van der Waals surface area contributed by atoms with Crippen LogP contribution in [0.1, 0.15) is 22.6 Å². The largest absolute Gasteiger partial charge is 0.504 e. The maximum absolute atomic E-state index is 10.2. The average molecular weight is 328 g/mol. The molecule has 0 aromatic heterocycles. The second-order valence-corrected chi connectivity index (χ2v) is 6.61. The van der Waals surface area contributed by atoms with Crippen LogP contribution in [-0.4, -0.2) is 35.6 Å². The number of phenols is 3. The summed E-state index contributed by atoms with van der Waals surface area (Å²) in [5.41, 5.74) is 3.08. The van der Waals surface area contributed by atoms with Crippen LogP contribution in [0.15, 0.2) is 30.3 Å². The van der Waals surface area contributed by atoms with Gasteiger partial charge in [-0.3, -0.25) is 0 Å². The molecule has 0 bridgehead atoms. The van der Waals surface area contributed by atoms with Gasteiger partial charge in [0.25, 0.3) is 0 Å². The SMILES string of the molecule is COc1cc2c(cc1O)[C@H](c1ccc(O)c(O)c1)[C@H]1COC[C@@H]1C2. The van der Waals surface area contributed by atoms with E-state index in [0.29, 0.717) is 24.9 Å². The lowest BCUT2D eigenvalue weighted by Crippen LogP contribution is -2.29. The molecule has 126 valence electrons. The topological polar surface area (TPSA) is 79.2 Å². The Morgan fingerprint density at radius 1 is 1.00 bits per heavy atom. The highest BCUT2D eigenvalue weighted by molar-refractivity contribution is 5.53. The maximum Gasteiger partial charge on any atom is 0.160 e. The van der Waals surface area contributed by atoms with Gasteiger partial charge < -0.3 is 24.8 Å². The summed E-state index contributed by atoms with van der Waals surface area (Å²) in [5, 5.41) is 29.7. The first kappa shape index (κ1) is 15.1. The Kier molecular flexibility index (Phi) is 3.53. The molecule has 1 heterocycles. The van der Waals surface area contributed by atoms with E-state index in [1.165, 1.54) is 6.07 Å². The standard InChI is InChI=1S/C19H20O5/c1-23-18-6-11-4-12-8-24-9-14(12)19(13(11)7-17(18)22)10-2-3-15(20)16(21)5-10/h2-3,5-7,12,14,19-22H,4,8-9H2,1H3/t12-,14-,19-/m0/s1. The van der Waals surface area contributed by atoms with Crippen LogP contribution in [0.25, 0.3) is 0 Å². The first-order valence-corrected chi connectivity index (χ1v) is 8.08. The fraction of sp³-hybridized carbons (Fsp3) is 0.368. The first-order valence-electron chi connectivity index (χ1n) is 8.08. The quantitative estimate of drug-likeness (QED) is 0.739. The lowest BCUT2D eigenvalue weighted by molar-refractivity contribution is 0.179. The van der Waals surface area contributed by atoms with E-state index in [0.717, 1.165) is 23.1 Å². The van der Waals surface area contributed by atoms with Gasteiger partial charge in [0, 0.05) is 5.92 Å². The van der Waals surface area contributed by atoms with Gasteiger partial charge in [-0.1, -0.05) is 6.07 Å². The van der Waals surface area contributed by atoms with Gasteiger partial charge in [-0.05, 0) is 59.2 Å². The molecule has 2 aromatic carbocycles. The molecule has 1 saturated heterocycles. The lowest BCUT2D eigenvalue weighted by atomic mass is 9.68. The van der Waals surface area contributed by atoms with Crippen molar-refractivity contribution in [2.75, 3.05) is 20.3 Å². The van der Waals surface area contributed by atoms with Crippen molar-refractivity contribution in [1.82, 2.24) is 0 Å². The Hall–Kier alpha value is -2.40. The van der Waals surface area contributed by atoms with Crippen LogP contribution in [0.4, 0.5) is 0 Å². The number of aromatic hydroxyl groups is 3. The highest BCUT2D eigenvalue weighted by Gasteiger charge is 2.41. The molecule has 0 radical (unpaired) electrons. The fourth-order valence-electron chi connectivity index (χ4n) is 4.12. The summed E-state index contributed by atoms with van der Waals surface area (Å²) in [6.07, 6.45) is 0.886. The molecule has 1 aliphatic heterocycles. The number of hydrogen-bond donors (Lipinski definition) is 3. The predicted octanol–water partition coefficient (Wildman–Crippen LogP) is 2.76. The van der Waals surface area contributed by atoms with Crippen LogP contribution in [0, 0.1) is 11.8 Å². The smallest absolute Gasteiger partial charge is 0.160 e. The van der Waals surface area contributed by atoms with Crippen LogP contribution in [0.5, 0.6) is 23.0 Å². The predicted molar refractivity (Wildman–Crippen MR) is 87.8 cm³/mol. The van der Waals surface area contributed by atoms with Crippen molar-refractivity contribution in [1.29, 1.82) is 0 Å². The van der Waals surface area contributed by atoms with E-state index in [1.54, 1.807) is 19.2 Å². The highest BCUT2D eigenvalue weighted by atomic mass is 16.5. The van der Waals surface area contributed by atoms with Crippen LogP contribution in [-0.2, 0) is 11.2 Å². The summed E-state index contributed by atoms with van der Waals surface area (Å²) in [6, 6.07) is 8.59. The summed E-state index contributed by atoms with van der Waals surface area (Å²) >= 11 is 0. The molecule has 0 amide bonds. The lowest BCUT2D eigenvalue weighted by Gasteiger charge is -2.35. The van der Waals surface area contributed by atoms with Crippen molar-refractivity contribution in [3.05, 3.63) is 47.0 Å². The Morgan fingerprint density at radius 3 is 2.58 bits per heavy atom. The molecule has 24 heavy (non-hydrogen) atoms. The first-order chi connectivity index (χ1) is 11.6. The summed E-state index contributed by atoms with van der Waals surface area (Å²) in [6.45, 7) is 1.37. The Balaban J connectivity index is 1.87. The van der Waals surface area contributed by atoms with Gasteiger partial charge in [-0.25, -0.2) is 0 Å². The van der Waals surface area contributed by atoms with E-state index in [2.05, 4.69) is 0 Å². The summed E-state index contributed by atoms with van der Waals surface area (Å²) in [5.74, 6) is 1.01. The number of methoxy groups -OCH3 is 1. The van der Waals surface area contributed by atoms with Crippen LogP contribution in [0.3, 0.4) is 0 Å². The van der Waals surface area contributed by atoms with Gasteiger partial charge in [0.15, 0.2) is 23.0 Å². The van der Waals surface area contributed by atoms with Gasteiger partial charge in [-0.2, -0.15) is 0 Å².